The molecule has 0 aliphatic carbocycles. The lowest BCUT2D eigenvalue weighted by Gasteiger charge is -2.46. The van der Waals surface area contributed by atoms with Crippen molar-refractivity contribution in [2.75, 3.05) is 9.71 Å². The minimum absolute atomic E-state index is 0.0236. The SMILES string of the molecule is CCCCc1ccc(N2B3c4c(cccc4N(c4ccc(CCCC)cc4-c4ccccc4)c4ccc5sc6ccccc6c5c43)-c3ccccc32)cc1. The number of hydrogen-bond donors (Lipinski definition) is 0. The number of thiophene rings is 1. The Morgan fingerprint density at radius 1 is 0.500 bits per heavy atom. The summed E-state index contributed by atoms with van der Waals surface area (Å²) in [7, 11) is 0. The van der Waals surface area contributed by atoms with Crippen LogP contribution in [0.4, 0.5) is 28.4 Å². The summed E-state index contributed by atoms with van der Waals surface area (Å²) in [6, 6.07) is 57.6. The third-order valence-electron chi connectivity index (χ3n) is 11.6. The lowest BCUT2D eigenvalue weighted by molar-refractivity contribution is 0.795. The zero-order chi connectivity index (χ0) is 36.2. The van der Waals surface area contributed by atoms with E-state index >= 15 is 0 Å². The number of anilines is 5. The van der Waals surface area contributed by atoms with Gasteiger partial charge in [0.2, 0.25) is 0 Å². The van der Waals surface area contributed by atoms with Gasteiger partial charge in [-0.15, -0.1) is 11.3 Å². The molecular weight excluding hydrogens is 671 g/mol. The van der Waals surface area contributed by atoms with Crippen molar-refractivity contribution in [1.82, 2.24) is 0 Å². The lowest BCUT2D eigenvalue weighted by atomic mass is 9.42. The van der Waals surface area contributed by atoms with Crippen LogP contribution in [0.2, 0.25) is 0 Å². The summed E-state index contributed by atoms with van der Waals surface area (Å²) in [5, 5.41) is 2.70. The second-order valence-electron chi connectivity index (χ2n) is 14.9. The zero-order valence-electron chi connectivity index (χ0n) is 31.1. The van der Waals surface area contributed by atoms with Gasteiger partial charge in [0.1, 0.15) is 0 Å². The molecule has 4 heteroatoms. The highest BCUT2D eigenvalue weighted by atomic mass is 32.1. The van der Waals surface area contributed by atoms with Gasteiger partial charge in [-0.1, -0.05) is 124 Å². The van der Waals surface area contributed by atoms with Gasteiger partial charge in [0.15, 0.2) is 0 Å². The predicted octanol–water partition coefficient (Wildman–Crippen LogP) is 13.1. The summed E-state index contributed by atoms with van der Waals surface area (Å²) in [6.45, 7) is 4.53. The van der Waals surface area contributed by atoms with Crippen LogP contribution in [-0.2, 0) is 12.8 Å². The van der Waals surface area contributed by atoms with Crippen molar-refractivity contribution in [3.05, 3.63) is 163 Å². The summed E-state index contributed by atoms with van der Waals surface area (Å²) in [5.74, 6) is 0. The Bertz CT molecular complexity index is 2660. The maximum Gasteiger partial charge on any atom is 0.333 e. The van der Waals surface area contributed by atoms with Gasteiger partial charge in [0.05, 0.1) is 5.69 Å². The number of hydrogen-bond acceptors (Lipinski definition) is 3. The van der Waals surface area contributed by atoms with E-state index in [0.717, 1.165) is 12.8 Å². The number of fused-ring (bicyclic) bond motifs is 8. The molecule has 262 valence electrons. The van der Waals surface area contributed by atoms with E-state index < -0.39 is 0 Å². The topological polar surface area (TPSA) is 6.48 Å². The van der Waals surface area contributed by atoms with Crippen LogP contribution in [0.15, 0.2) is 152 Å². The molecule has 7 aromatic carbocycles. The monoisotopic (exact) mass is 714 g/mol. The Kier molecular flexibility index (Phi) is 8.37. The largest absolute Gasteiger partial charge is 0.376 e. The Labute approximate surface area is 323 Å². The smallest absolute Gasteiger partial charge is 0.333 e. The number of benzene rings is 7. The second-order valence-corrected chi connectivity index (χ2v) is 16.0. The summed E-state index contributed by atoms with van der Waals surface area (Å²) in [5.41, 5.74) is 16.9. The molecule has 0 saturated carbocycles. The molecule has 2 aliphatic rings. The maximum absolute atomic E-state index is 2.65. The van der Waals surface area contributed by atoms with Crippen LogP contribution in [0.1, 0.15) is 50.7 Å². The molecule has 0 saturated heterocycles. The maximum atomic E-state index is 2.65. The Morgan fingerprint density at radius 3 is 2.00 bits per heavy atom. The van der Waals surface area contributed by atoms with Gasteiger partial charge in [0.25, 0.3) is 0 Å². The zero-order valence-corrected chi connectivity index (χ0v) is 31.9. The van der Waals surface area contributed by atoms with Gasteiger partial charge in [-0.05, 0) is 124 Å². The van der Waals surface area contributed by atoms with Crippen LogP contribution in [0.5, 0.6) is 0 Å². The predicted molar refractivity (Wildman–Crippen MR) is 236 cm³/mol. The number of aryl methyl sites for hydroxylation is 2. The molecule has 54 heavy (non-hydrogen) atoms. The molecule has 2 aliphatic heterocycles. The molecule has 0 bridgehead atoms. The molecule has 0 amide bonds. The number of unbranched alkanes of at least 4 members (excludes halogenated alkanes) is 2. The van der Waals surface area contributed by atoms with E-state index in [1.807, 2.05) is 11.3 Å². The molecule has 0 N–H and O–H groups in total. The van der Waals surface area contributed by atoms with Crippen molar-refractivity contribution in [3.63, 3.8) is 0 Å². The second kappa shape index (κ2) is 13.7. The first-order chi connectivity index (χ1) is 26.7. The van der Waals surface area contributed by atoms with Gasteiger partial charge in [-0.3, -0.25) is 0 Å². The van der Waals surface area contributed by atoms with Gasteiger partial charge in [0, 0.05) is 43.3 Å². The highest BCUT2D eigenvalue weighted by molar-refractivity contribution is 7.26. The molecular formula is C50H43BN2S. The van der Waals surface area contributed by atoms with Gasteiger partial charge < -0.3 is 9.71 Å². The molecule has 0 unspecified atom stereocenters. The van der Waals surface area contributed by atoms with Crippen LogP contribution in [-0.4, -0.2) is 6.85 Å². The van der Waals surface area contributed by atoms with Crippen molar-refractivity contribution >= 4 is 77.7 Å². The molecule has 0 spiro atoms. The summed E-state index contributed by atoms with van der Waals surface area (Å²) < 4.78 is 2.67. The molecule has 3 heterocycles. The molecule has 10 rings (SSSR count). The quantitative estimate of drug-likeness (QED) is 0.137. The van der Waals surface area contributed by atoms with Crippen LogP contribution in [0.25, 0.3) is 42.4 Å². The molecule has 2 nitrogen and oxygen atoms in total. The fourth-order valence-corrected chi connectivity index (χ4v) is 10.2. The van der Waals surface area contributed by atoms with Gasteiger partial charge >= 0.3 is 6.85 Å². The molecule has 8 aromatic rings. The van der Waals surface area contributed by atoms with E-state index in [4.69, 9.17) is 0 Å². The van der Waals surface area contributed by atoms with Crippen molar-refractivity contribution in [2.45, 2.75) is 52.4 Å². The van der Waals surface area contributed by atoms with E-state index in [0.29, 0.717) is 0 Å². The molecule has 0 radical (unpaired) electrons. The fourth-order valence-electron chi connectivity index (χ4n) is 9.07. The number of rotatable bonds is 9. The Balaban J connectivity index is 1.30. The van der Waals surface area contributed by atoms with Crippen LogP contribution >= 0.6 is 11.3 Å². The molecule has 0 fully saturated rings. The first-order valence-electron chi connectivity index (χ1n) is 19.8. The highest BCUT2D eigenvalue weighted by Gasteiger charge is 2.46. The van der Waals surface area contributed by atoms with Crippen LogP contribution in [0, 0.1) is 0 Å². The normalized spacial score (nSPS) is 13.0. The van der Waals surface area contributed by atoms with E-state index in [9.17, 15) is 0 Å². The van der Waals surface area contributed by atoms with Gasteiger partial charge in [-0.25, -0.2) is 0 Å². The highest BCUT2D eigenvalue weighted by Crippen LogP contribution is 2.50. The van der Waals surface area contributed by atoms with Crippen molar-refractivity contribution in [1.29, 1.82) is 0 Å². The Hall–Kier alpha value is -5.58. The number of para-hydroxylation sites is 1. The third kappa shape index (κ3) is 5.30. The molecule has 1 aromatic heterocycles. The average Bonchev–Trinajstić information content (AvgIpc) is 3.62. The van der Waals surface area contributed by atoms with Crippen LogP contribution in [0.3, 0.4) is 0 Å². The summed E-state index contributed by atoms with van der Waals surface area (Å²) in [4.78, 5) is 5.25. The van der Waals surface area contributed by atoms with E-state index in [1.165, 1.54) is 119 Å². The molecule has 0 atom stereocenters. The summed E-state index contributed by atoms with van der Waals surface area (Å²) in [6.07, 6.45) is 6.98. The minimum Gasteiger partial charge on any atom is -0.376 e. The Morgan fingerprint density at radius 2 is 1.17 bits per heavy atom. The van der Waals surface area contributed by atoms with Crippen molar-refractivity contribution < 1.29 is 0 Å². The number of nitrogens with zero attached hydrogens (tertiary/aromatic N) is 2. The average molecular weight is 715 g/mol. The van der Waals surface area contributed by atoms with E-state index in [1.54, 1.807) is 0 Å². The third-order valence-corrected chi connectivity index (χ3v) is 12.8. The fraction of sp³-hybridized carbons (Fsp3) is 0.160. The van der Waals surface area contributed by atoms with Gasteiger partial charge in [-0.2, -0.15) is 0 Å². The van der Waals surface area contributed by atoms with Crippen LogP contribution < -0.4 is 20.6 Å². The van der Waals surface area contributed by atoms with Crippen molar-refractivity contribution in [2.24, 2.45) is 0 Å². The first-order valence-corrected chi connectivity index (χ1v) is 20.6. The van der Waals surface area contributed by atoms with Crippen molar-refractivity contribution in [3.8, 4) is 22.3 Å². The minimum atomic E-state index is -0.0236. The first kappa shape index (κ1) is 33.0. The van der Waals surface area contributed by atoms with E-state index in [2.05, 4.69) is 175 Å². The standard InChI is InChI=1S/C50H43BN2S/c1-3-5-15-34-25-28-37(29-26-34)53-43-22-12-10-19-38(43)39-21-14-23-44-49(39)51(53)50-45(31-32-47-48(50)40-20-11-13-24-46(40)54-47)52(44)42-30-27-35(16-6-4-2)33-41(42)36-17-8-7-9-18-36/h7-14,17-33H,3-6,15-16H2,1-2H3. The lowest BCUT2D eigenvalue weighted by Crippen LogP contribution is -2.61. The van der Waals surface area contributed by atoms with E-state index in [-0.39, 0.29) is 6.85 Å². The summed E-state index contributed by atoms with van der Waals surface area (Å²) >= 11 is 1.91.